The predicted octanol–water partition coefficient (Wildman–Crippen LogP) is 4.43. The third kappa shape index (κ3) is 9.12. The molecule has 6 aromatic rings. The Balaban J connectivity index is 0.000000377. The Morgan fingerprint density at radius 2 is 1.09 bits per heavy atom. The fraction of sp³-hybridized carbons (Fsp3) is 0.0625. The molecule has 0 bridgehead atoms. The molecule has 0 unspecified atom stereocenters. The second-order valence-corrected chi connectivity index (χ2v) is 12.1. The third-order valence-electron chi connectivity index (χ3n) is 7.15. The van der Waals surface area contributed by atoms with Gasteiger partial charge in [-0.15, -0.1) is 10.2 Å². The number of non-ortho nitro benzene ring substituents is 2. The van der Waals surface area contributed by atoms with E-state index in [4.69, 9.17) is 0 Å². The van der Waals surface area contributed by atoms with E-state index < -0.39 is 59.5 Å². The number of rotatable bonds is 9. The summed E-state index contributed by atoms with van der Waals surface area (Å²) in [6, 6.07) is 21.3. The molecule has 0 aliphatic carbocycles. The van der Waals surface area contributed by atoms with Crippen molar-refractivity contribution in [2.45, 2.75) is 18.7 Å². The summed E-state index contributed by atoms with van der Waals surface area (Å²) in [5.74, 6) is -3.16. The number of hydrogen-bond acceptors (Lipinski definition) is 17. The van der Waals surface area contributed by atoms with Crippen LogP contribution in [0.15, 0.2) is 116 Å². The molecule has 0 saturated heterocycles. The molecule has 2 heterocycles. The topological polar surface area (TPSA) is 321 Å². The van der Waals surface area contributed by atoms with Crippen molar-refractivity contribution in [2.24, 2.45) is 20.5 Å². The number of hydrogen-bond donors (Lipinski definition) is 0. The average molecular weight is 808 g/mol. The van der Waals surface area contributed by atoms with Gasteiger partial charge in [0, 0.05) is 36.0 Å². The van der Waals surface area contributed by atoms with Crippen molar-refractivity contribution in [3.63, 3.8) is 0 Å². The van der Waals surface area contributed by atoms with Crippen LogP contribution in [-0.4, -0.2) is 42.4 Å². The van der Waals surface area contributed by atoms with Gasteiger partial charge in [-0.2, -0.15) is 20.4 Å². The number of para-hydroxylation sites is 2. The van der Waals surface area contributed by atoms with E-state index in [0.29, 0.717) is 29.2 Å². The SMILES string of the molecule is Cc1nn(-c2ccccc2)c([O-])c1N=Nc1cc([N+](=O)[O-])cc(S(=O)(=O)[O-])c1[O-].Cc1nn(-c2ccccc2)c([O-])c1N=Nc1ccc([N+](=O)[O-])cc1[O-].[Cr+3].[H+].[H+]. The van der Waals surface area contributed by atoms with Gasteiger partial charge in [-0.1, -0.05) is 47.9 Å². The molecule has 0 N–H and O–H groups in total. The molecule has 0 aliphatic rings. The van der Waals surface area contributed by atoms with Gasteiger partial charge in [0.1, 0.15) is 21.5 Å². The van der Waals surface area contributed by atoms with E-state index in [9.17, 15) is 53.6 Å². The minimum atomic E-state index is -5.29. The summed E-state index contributed by atoms with van der Waals surface area (Å²) in [4.78, 5) is 18.6. The van der Waals surface area contributed by atoms with Crippen molar-refractivity contribution in [3.8, 4) is 34.6 Å². The molecule has 55 heavy (non-hydrogen) atoms. The molecule has 23 heteroatoms. The summed E-state index contributed by atoms with van der Waals surface area (Å²) >= 11 is 0. The van der Waals surface area contributed by atoms with Crippen LogP contribution in [0.1, 0.15) is 14.2 Å². The zero-order valence-electron chi connectivity index (χ0n) is 29.9. The minimum absolute atomic E-state index is 0. The predicted molar refractivity (Wildman–Crippen MR) is 179 cm³/mol. The van der Waals surface area contributed by atoms with Crippen molar-refractivity contribution >= 4 is 44.2 Å². The summed E-state index contributed by atoms with van der Waals surface area (Å²) in [6.07, 6.45) is 0. The molecule has 0 amide bonds. The second kappa shape index (κ2) is 16.7. The molecule has 1 radical (unpaired) electrons. The molecule has 0 fully saturated rings. The van der Waals surface area contributed by atoms with Gasteiger partial charge in [0.2, 0.25) is 0 Å². The number of nitrogens with zero attached hydrogens (tertiary/aromatic N) is 10. The van der Waals surface area contributed by atoms with Crippen molar-refractivity contribution in [2.75, 3.05) is 0 Å². The monoisotopic (exact) mass is 807 g/mol. The fourth-order valence-electron chi connectivity index (χ4n) is 4.56. The molecule has 4 aromatic carbocycles. The average Bonchev–Trinajstić information content (AvgIpc) is 3.59. The van der Waals surface area contributed by atoms with Crippen molar-refractivity contribution in [3.05, 3.63) is 123 Å². The molecule has 0 saturated carbocycles. The van der Waals surface area contributed by atoms with Crippen LogP contribution in [0.25, 0.3) is 11.4 Å². The number of aryl methyl sites for hydroxylation is 2. The van der Waals surface area contributed by atoms with Gasteiger partial charge < -0.3 is 25.0 Å². The first-order valence-corrected chi connectivity index (χ1v) is 16.4. The van der Waals surface area contributed by atoms with Crippen molar-refractivity contribution < 1.29 is 63.5 Å². The maximum atomic E-state index is 12.5. The fourth-order valence-corrected chi connectivity index (χ4v) is 5.16. The molecular formula is C32H23CrN10O11S. The number of nitro benzene ring substituents is 2. The van der Waals surface area contributed by atoms with E-state index in [1.807, 2.05) is 6.07 Å². The molecule has 0 aliphatic heterocycles. The van der Waals surface area contributed by atoms with Crippen molar-refractivity contribution in [1.29, 1.82) is 0 Å². The Bertz CT molecular complexity index is 2580. The molecular weight excluding hydrogens is 784 g/mol. The van der Waals surface area contributed by atoms with E-state index in [2.05, 4.69) is 30.7 Å². The molecule has 2 aromatic heterocycles. The van der Waals surface area contributed by atoms with Gasteiger partial charge in [-0.25, -0.2) is 17.8 Å². The number of benzene rings is 4. The number of nitro groups is 2. The van der Waals surface area contributed by atoms with Gasteiger partial charge in [0.15, 0.2) is 0 Å². The minimum Gasteiger partial charge on any atom is -0.871 e. The summed E-state index contributed by atoms with van der Waals surface area (Å²) < 4.78 is 35.9. The van der Waals surface area contributed by atoms with Gasteiger partial charge in [0.05, 0.1) is 48.9 Å². The largest absolute Gasteiger partial charge is 3.00 e. The van der Waals surface area contributed by atoms with Crippen LogP contribution in [0.2, 0.25) is 0 Å². The van der Waals surface area contributed by atoms with Crippen LogP contribution in [-0.2, 0) is 27.5 Å². The smallest absolute Gasteiger partial charge is 0.871 e. The van der Waals surface area contributed by atoms with Crippen LogP contribution in [0, 0.1) is 34.1 Å². The van der Waals surface area contributed by atoms with Gasteiger partial charge in [-0.3, -0.25) is 20.2 Å². The van der Waals surface area contributed by atoms with Crippen molar-refractivity contribution in [1.82, 2.24) is 19.6 Å². The van der Waals surface area contributed by atoms with Gasteiger partial charge in [-0.05, 0) is 44.2 Å². The van der Waals surface area contributed by atoms with Gasteiger partial charge >= 0.3 is 20.2 Å². The second-order valence-electron chi connectivity index (χ2n) is 10.8. The summed E-state index contributed by atoms with van der Waals surface area (Å²) in [5.41, 5.74) is -0.777. The third-order valence-corrected chi connectivity index (χ3v) is 7.99. The standard InChI is InChI=1S/C16H13N5O7S.C16H13N5O4.Cr/c1-9-14(16(23)20(19-9)10-5-3-2-4-6-10)18-17-12-7-11(21(24)25)8-13(15(12)22)29(26,27)28;1-10-15(16(23)20(19-10)11-5-3-2-4-6-11)18-17-13-8-7-12(21(24)25)9-14(13)22;/h2-8,22-23H,1H3,(H,26,27,28);2-9,22-23H,1H3;/q;;+3/p-3. The zero-order valence-corrected chi connectivity index (χ0v) is 30.0. The number of aromatic nitrogens is 4. The van der Waals surface area contributed by atoms with Crippen LogP contribution in [0.5, 0.6) is 23.3 Å². The van der Waals surface area contributed by atoms with Gasteiger partial charge in [0.25, 0.3) is 11.4 Å². The zero-order chi connectivity index (χ0) is 39.3. The molecule has 6 rings (SSSR count). The summed E-state index contributed by atoms with van der Waals surface area (Å²) in [6.45, 7) is 3.05. The Morgan fingerprint density at radius 1 is 0.636 bits per heavy atom. The quantitative estimate of drug-likeness (QED) is 0.0845. The Labute approximate surface area is 323 Å². The van der Waals surface area contributed by atoms with E-state index in [1.165, 1.54) is 17.7 Å². The number of azo groups is 2. The maximum absolute atomic E-state index is 12.5. The molecule has 21 nitrogen and oxygen atoms in total. The Kier molecular flexibility index (Phi) is 12.4. The van der Waals surface area contributed by atoms with Crippen LogP contribution in [0.3, 0.4) is 0 Å². The first-order chi connectivity index (χ1) is 25.6. The van der Waals surface area contributed by atoms with Crippen LogP contribution >= 0.6 is 0 Å². The molecule has 0 spiro atoms. The van der Waals surface area contributed by atoms with E-state index in [1.54, 1.807) is 61.5 Å². The van der Waals surface area contributed by atoms with E-state index in [-0.39, 0.29) is 48.7 Å². The first-order valence-electron chi connectivity index (χ1n) is 14.9. The summed E-state index contributed by atoms with van der Waals surface area (Å²) in [5, 5.41) is 93.3. The maximum Gasteiger partial charge on any atom is 3.00 e. The Morgan fingerprint density at radius 3 is 1.51 bits per heavy atom. The van der Waals surface area contributed by atoms with E-state index >= 15 is 0 Å². The normalized spacial score (nSPS) is 11.3. The van der Waals surface area contributed by atoms with Crippen LogP contribution in [0.4, 0.5) is 34.1 Å². The van der Waals surface area contributed by atoms with E-state index in [0.717, 1.165) is 16.8 Å². The molecule has 0 atom stereocenters. The summed E-state index contributed by atoms with van der Waals surface area (Å²) in [7, 11) is -5.29. The first kappa shape index (κ1) is 40.7. The molecule has 279 valence electrons. The van der Waals surface area contributed by atoms with Crippen LogP contribution < -0.4 is 20.4 Å². The Hall–Kier alpha value is -7.06.